The van der Waals surface area contributed by atoms with Gasteiger partial charge in [0.25, 0.3) is 0 Å². The van der Waals surface area contributed by atoms with Crippen molar-refractivity contribution >= 4 is 19.3 Å². The molecule has 9 heteroatoms. The lowest BCUT2D eigenvalue weighted by Crippen LogP contribution is -2.29. The molecule has 0 aromatic heterocycles. The second kappa shape index (κ2) is 4.58. The van der Waals surface area contributed by atoms with Crippen LogP contribution in [0.25, 0.3) is 0 Å². The summed E-state index contributed by atoms with van der Waals surface area (Å²) in [4.78, 5) is 24.6. The maximum absolute atomic E-state index is 10.9. The predicted molar refractivity (Wildman–Crippen MR) is 23.9 cm³/mol. The van der Waals surface area contributed by atoms with Crippen LogP contribution in [0.5, 0.6) is 0 Å². The monoisotopic (exact) mass is 170 g/mol. The van der Waals surface area contributed by atoms with E-state index in [1.807, 2.05) is 0 Å². The summed E-state index contributed by atoms with van der Waals surface area (Å²) in [7, 11) is -2.60. The number of hydrogen-bond donors (Lipinski definition) is 1. The van der Waals surface area contributed by atoms with Crippen molar-refractivity contribution in [3.05, 3.63) is 0 Å². The Morgan fingerprint density at radius 2 is 1.73 bits per heavy atom. The summed E-state index contributed by atoms with van der Waals surface area (Å²) >= 11 is 0. The normalized spacial score (nSPS) is 8.91. The first-order valence-corrected chi connectivity index (χ1v) is 2.10. The van der Waals surface area contributed by atoms with Gasteiger partial charge in [-0.25, -0.2) is 9.59 Å². The molecule has 0 spiro atoms. The van der Waals surface area contributed by atoms with Crippen molar-refractivity contribution in [1.82, 2.24) is 0 Å². The maximum atomic E-state index is 10.9. The van der Waals surface area contributed by atoms with Crippen molar-refractivity contribution in [1.29, 1.82) is 0 Å². The lowest BCUT2D eigenvalue weighted by molar-refractivity contribution is -0.172. The van der Waals surface area contributed by atoms with E-state index in [1.54, 1.807) is 0 Å². The molecule has 0 rings (SSSR count). The molecule has 0 unspecified atom stereocenters. The summed E-state index contributed by atoms with van der Waals surface area (Å²) < 4.78 is 25.3. The van der Waals surface area contributed by atoms with E-state index in [0.29, 0.717) is 0 Å². The number of carbonyl (C=O) groups is 2. The van der Waals surface area contributed by atoms with E-state index in [-0.39, 0.29) is 0 Å². The van der Waals surface area contributed by atoms with Gasteiger partial charge in [-0.05, 0) is 0 Å². The Balaban J connectivity index is 3.81. The van der Waals surface area contributed by atoms with Gasteiger partial charge in [-0.2, -0.15) is 9.72 Å². The molecule has 0 aliphatic rings. The van der Waals surface area contributed by atoms with Crippen LogP contribution in [-0.2, 0) is 24.0 Å². The van der Waals surface area contributed by atoms with Crippen LogP contribution in [-0.4, -0.2) is 24.4 Å². The van der Waals surface area contributed by atoms with Gasteiger partial charge >= 0.3 is 19.3 Å². The largest absolute Gasteiger partial charge is 0.781 e. The van der Waals surface area contributed by atoms with Crippen LogP contribution < -0.4 is 0 Å². The topological polar surface area (TPSA) is 82.1 Å². The molecule has 0 saturated carbocycles. The van der Waals surface area contributed by atoms with Crippen LogP contribution in [0.2, 0.25) is 0 Å². The number of rotatable bonds is 3. The molecule has 0 aromatic carbocycles. The van der Waals surface area contributed by atoms with Gasteiger partial charge in [-0.1, -0.05) is 9.05 Å². The molecule has 0 fully saturated rings. The van der Waals surface area contributed by atoms with E-state index in [0.717, 1.165) is 0 Å². The summed E-state index contributed by atoms with van der Waals surface area (Å²) in [5.41, 5.74) is 0. The fourth-order valence-corrected chi connectivity index (χ4v) is 0.188. The molecule has 0 aliphatic carbocycles. The molecule has 0 radical (unpaired) electrons. The number of hydrogen-bond acceptors (Lipinski definition) is 5. The van der Waals surface area contributed by atoms with Gasteiger partial charge in [-0.15, -0.1) is 0 Å². The number of aliphatic carboxylic acids is 1. The third kappa shape index (κ3) is 3.48. The Labute approximate surface area is 58.6 Å². The van der Waals surface area contributed by atoms with E-state index < -0.39 is 19.3 Å². The third-order valence-corrected chi connectivity index (χ3v) is 0.523. The fraction of sp³-hybridized carbons (Fsp3) is 0. The summed E-state index contributed by atoms with van der Waals surface area (Å²) in [6.07, 6.45) is 0. The summed E-state index contributed by atoms with van der Waals surface area (Å²) in [6, 6.07) is 0. The Morgan fingerprint density at radius 1 is 1.27 bits per heavy atom. The highest BCUT2D eigenvalue weighted by Crippen LogP contribution is 1.93. The highest BCUT2D eigenvalue weighted by atomic mass is 19.3. The van der Waals surface area contributed by atoms with Crippen LogP contribution in [0.4, 0.5) is 9.05 Å². The Hall–Kier alpha value is -1.22. The highest BCUT2D eigenvalue weighted by Gasteiger charge is 2.32. The van der Waals surface area contributed by atoms with E-state index in [9.17, 15) is 18.6 Å². The average Bonchev–Trinajstić information content (AvgIpc) is 1.99. The number of carbonyl (C=O) groups excluding carboxylic acids is 1. The minimum absolute atomic E-state index is 1.90. The first kappa shape index (κ1) is 9.78. The van der Waals surface area contributed by atoms with Crippen LogP contribution in [0, 0.1) is 0 Å². The van der Waals surface area contributed by atoms with Crippen molar-refractivity contribution in [2.75, 3.05) is 0 Å². The average molecular weight is 170 g/mol. The van der Waals surface area contributed by atoms with Gasteiger partial charge in [0, 0.05) is 0 Å². The number of carboxylic acid groups (broad SMARTS) is 1. The van der Waals surface area contributed by atoms with E-state index in [2.05, 4.69) is 14.4 Å². The molecule has 0 saturated heterocycles. The predicted octanol–water partition coefficient (Wildman–Crippen LogP) is -0.599. The highest BCUT2D eigenvalue weighted by molar-refractivity contribution is 6.44. The van der Waals surface area contributed by atoms with Crippen molar-refractivity contribution in [3.63, 3.8) is 0 Å². The van der Waals surface area contributed by atoms with Crippen LogP contribution in [0.3, 0.4) is 0 Å². The van der Waals surface area contributed by atoms with E-state index in [4.69, 9.17) is 5.11 Å². The van der Waals surface area contributed by atoms with Crippen molar-refractivity contribution < 1.29 is 38.1 Å². The Bertz CT molecular complexity index is 157. The standard InChI is InChI=1S/C2HBF2O6/c4-10-3(11-5)9-2(8)1(6)7/h(H,6,7). The molecule has 0 heterocycles. The molecule has 1 N–H and O–H groups in total. The maximum Gasteiger partial charge on any atom is 0.781 e. The first-order valence-electron chi connectivity index (χ1n) is 2.10. The van der Waals surface area contributed by atoms with Gasteiger partial charge in [0.2, 0.25) is 0 Å². The lowest BCUT2D eigenvalue weighted by atomic mass is 10.2. The number of halogens is 2. The molecule has 11 heavy (non-hydrogen) atoms. The zero-order chi connectivity index (χ0) is 8.85. The molecule has 0 aromatic rings. The molecule has 6 nitrogen and oxygen atoms in total. The fourth-order valence-electron chi connectivity index (χ4n) is 0.188. The molecule has 0 atom stereocenters. The zero-order valence-corrected chi connectivity index (χ0v) is 4.82. The molecule has 0 bridgehead atoms. The summed E-state index contributed by atoms with van der Waals surface area (Å²) in [6.45, 7) is 0. The Kier molecular flexibility index (Phi) is 4.07. The van der Waals surface area contributed by atoms with Crippen molar-refractivity contribution in [2.45, 2.75) is 0 Å². The van der Waals surface area contributed by atoms with Gasteiger partial charge in [0.15, 0.2) is 0 Å². The number of carboxylic acids is 1. The van der Waals surface area contributed by atoms with Crippen molar-refractivity contribution in [2.24, 2.45) is 0 Å². The first-order chi connectivity index (χ1) is 5.11. The van der Waals surface area contributed by atoms with Gasteiger partial charge in [0.05, 0.1) is 0 Å². The zero-order valence-electron chi connectivity index (χ0n) is 4.82. The summed E-state index contributed by atoms with van der Waals surface area (Å²) in [5, 5.41) is 7.79. The quantitative estimate of drug-likeness (QED) is 0.449. The van der Waals surface area contributed by atoms with Gasteiger partial charge in [0.1, 0.15) is 0 Å². The SMILES string of the molecule is O=C(O)C(=O)OB(OF)OF. The molecular formula is C2HBF2O6. The second-order valence-electron chi connectivity index (χ2n) is 1.18. The Morgan fingerprint density at radius 3 is 2.00 bits per heavy atom. The summed E-state index contributed by atoms with van der Waals surface area (Å²) in [5.74, 6) is -3.92. The molecule has 62 valence electrons. The van der Waals surface area contributed by atoms with E-state index in [1.165, 1.54) is 0 Å². The second-order valence-corrected chi connectivity index (χ2v) is 1.18. The van der Waals surface area contributed by atoms with Crippen LogP contribution in [0.1, 0.15) is 0 Å². The minimum atomic E-state index is -2.60. The smallest absolute Gasteiger partial charge is 0.473 e. The molecule has 0 aliphatic heterocycles. The third-order valence-electron chi connectivity index (χ3n) is 0.523. The lowest BCUT2D eigenvalue weighted by Gasteiger charge is -1.99. The molecular weight excluding hydrogens is 169 g/mol. The van der Waals surface area contributed by atoms with Gasteiger partial charge in [-0.3, -0.25) is 0 Å². The van der Waals surface area contributed by atoms with Gasteiger partial charge < -0.3 is 9.76 Å². The van der Waals surface area contributed by atoms with Crippen LogP contribution in [0.15, 0.2) is 0 Å². The van der Waals surface area contributed by atoms with E-state index >= 15 is 0 Å². The van der Waals surface area contributed by atoms with Crippen molar-refractivity contribution in [3.8, 4) is 0 Å². The minimum Gasteiger partial charge on any atom is -0.473 e. The molecule has 0 amide bonds. The van der Waals surface area contributed by atoms with Crippen LogP contribution >= 0.6 is 0 Å².